The van der Waals surface area contributed by atoms with Crippen LogP contribution in [0.25, 0.3) is 11.6 Å². The lowest BCUT2D eigenvalue weighted by molar-refractivity contribution is -0.121. The molecule has 3 aromatic rings. The fourth-order valence-electron chi connectivity index (χ4n) is 2.50. The zero-order chi connectivity index (χ0) is 17.6. The van der Waals surface area contributed by atoms with Gasteiger partial charge in [0.25, 0.3) is 0 Å². The molecule has 25 heavy (non-hydrogen) atoms. The predicted octanol–water partition coefficient (Wildman–Crippen LogP) is 2.75. The summed E-state index contributed by atoms with van der Waals surface area (Å²) in [7, 11) is 0. The van der Waals surface area contributed by atoms with E-state index in [9.17, 15) is 4.79 Å². The normalized spacial score (nSPS) is 12.2. The van der Waals surface area contributed by atoms with Gasteiger partial charge in [-0.15, -0.1) is 0 Å². The summed E-state index contributed by atoms with van der Waals surface area (Å²) in [6.07, 6.45) is 6.75. The van der Waals surface area contributed by atoms with Crippen molar-refractivity contribution in [2.75, 3.05) is 0 Å². The van der Waals surface area contributed by atoms with E-state index in [4.69, 9.17) is 8.94 Å². The quantitative estimate of drug-likeness (QED) is 0.675. The van der Waals surface area contributed by atoms with Gasteiger partial charge < -0.3 is 14.3 Å². The highest BCUT2D eigenvalue weighted by atomic mass is 16.5. The Morgan fingerprint density at radius 2 is 2.28 bits per heavy atom. The van der Waals surface area contributed by atoms with Crippen molar-refractivity contribution in [3.63, 3.8) is 0 Å². The van der Waals surface area contributed by atoms with E-state index < -0.39 is 0 Å². The van der Waals surface area contributed by atoms with Crippen LogP contribution in [0.15, 0.2) is 39.7 Å². The summed E-state index contributed by atoms with van der Waals surface area (Å²) in [6.45, 7) is 4.86. The maximum absolute atomic E-state index is 12.2. The highest BCUT2D eigenvalue weighted by molar-refractivity contribution is 5.76. The van der Waals surface area contributed by atoms with E-state index in [1.807, 2.05) is 24.7 Å². The standard InChI is InChI=1S/C17H21N5O3/c1-3-13(12-10-18-22(4-2)11-12)19-15(23)7-8-16-20-17(21-25-16)14-6-5-9-24-14/h5-6,9-11,13H,3-4,7-8H2,1-2H3,(H,19,23)/t13-/m1/s1. The van der Waals surface area contributed by atoms with Gasteiger partial charge in [-0.3, -0.25) is 9.48 Å². The van der Waals surface area contributed by atoms with Crippen LogP contribution in [0.4, 0.5) is 0 Å². The van der Waals surface area contributed by atoms with E-state index in [-0.39, 0.29) is 18.4 Å². The molecule has 0 aliphatic carbocycles. The maximum atomic E-state index is 12.2. The molecule has 0 aromatic carbocycles. The van der Waals surface area contributed by atoms with Crippen molar-refractivity contribution in [2.45, 2.75) is 45.7 Å². The van der Waals surface area contributed by atoms with E-state index in [1.54, 1.807) is 24.6 Å². The van der Waals surface area contributed by atoms with Gasteiger partial charge in [0.05, 0.1) is 18.5 Å². The molecule has 0 unspecified atom stereocenters. The number of aryl methyl sites for hydroxylation is 2. The summed E-state index contributed by atoms with van der Waals surface area (Å²) in [6, 6.07) is 3.46. The Bertz CT molecular complexity index is 806. The Morgan fingerprint density at radius 3 is 2.96 bits per heavy atom. The zero-order valence-electron chi connectivity index (χ0n) is 14.3. The van der Waals surface area contributed by atoms with E-state index >= 15 is 0 Å². The summed E-state index contributed by atoms with van der Waals surface area (Å²) >= 11 is 0. The zero-order valence-corrected chi connectivity index (χ0v) is 14.3. The van der Waals surface area contributed by atoms with Crippen LogP contribution < -0.4 is 5.32 Å². The van der Waals surface area contributed by atoms with Crippen LogP contribution >= 0.6 is 0 Å². The molecule has 0 saturated heterocycles. The summed E-state index contributed by atoms with van der Waals surface area (Å²) in [5, 5.41) is 11.1. The van der Waals surface area contributed by atoms with Gasteiger partial charge in [0, 0.05) is 31.1 Å². The van der Waals surface area contributed by atoms with Gasteiger partial charge >= 0.3 is 0 Å². The lowest BCUT2D eigenvalue weighted by atomic mass is 10.1. The second-order valence-electron chi connectivity index (χ2n) is 5.65. The number of nitrogens with zero attached hydrogens (tertiary/aromatic N) is 4. The van der Waals surface area contributed by atoms with Gasteiger partial charge in [-0.25, -0.2) is 0 Å². The van der Waals surface area contributed by atoms with Crippen molar-refractivity contribution < 1.29 is 13.7 Å². The summed E-state index contributed by atoms with van der Waals surface area (Å²) in [5.41, 5.74) is 1.01. The molecule has 0 spiro atoms. The molecule has 1 N–H and O–H groups in total. The van der Waals surface area contributed by atoms with Crippen LogP contribution in [-0.4, -0.2) is 25.8 Å². The summed E-state index contributed by atoms with van der Waals surface area (Å²) in [5.74, 6) is 1.28. The van der Waals surface area contributed by atoms with Crippen LogP contribution in [0, 0.1) is 0 Å². The first-order valence-electron chi connectivity index (χ1n) is 8.37. The van der Waals surface area contributed by atoms with Crippen molar-refractivity contribution >= 4 is 5.91 Å². The SMILES string of the molecule is CC[C@@H](NC(=O)CCc1nc(-c2ccco2)no1)c1cnn(CC)c1. The lowest BCUT2D eigenvalue weighted by Crippen LogP contribution is -2.28. The van der Waals surface area contributed by atoms with Gasteiger partial charge in [0.15, 0.2) is 5.76 Å². The molecule has 1 amide bonds. The van der Waals surface area contributed by atoms with E-state index in [2.05, 4.69) is 20.6 Å². The van der Waals surface area contributed by atoms with Crippen LogP contribution in [-0.2, 0) is 17.8 Å². The minimum absolute atomic E-state index is 0.0471. The second kappa shape index (κ2) is 7.78. The van der Waals surface area contributed by atoms with Gasteiger partial charge in [-0.2, -0.15) is 10.1 Å². The Hall–Kier alpha value is -2.90. The molecule has 3 heterocycles. The smallest absolute Gasteiger partial charge is 0.238 e. The monoisotopic (exact) mass is 343 g/mol. The fraction of sp³-hybridized carbons (Fsp3) is 0.412. The van der Waals surface area contributed by atoms with Gasteiger partial charge in [-0.1, -0.05) is 12.1 Å². The molecule has 0 aliphatic heterocycles. The van der Waals surface area contributed by atoms with Gasteiger partial charge in [-0.05, 0) is 25.5 Å². The molecule has 8 nitrogen and oxygen atoms in total. The van der Waals surface area contributed by atoms with Crippen molar-refractivity contribution in [3.8, 4) is 11.6 Å². The van der Waals surface area contributed by atoms with Crippen molar-refractivity contribution in [1.29, 1.82) is 0 Å². The molecule has 132 valence electrons. The third kappa shape index (κ3) is 4.14. The molecular weight excluding hydrogens is 322 g/mol. The number of hydrogen-bond acceptors (Lipinski definition) is 6. The topological polar surface area (TPSA) is 99.0 Å². The predicted molar refractivity (Wildman–Crippen MR) is 89.4 cm³/mol. The van der Waals surface area contributed by atoms with E-state index in [0.29, 0.717) is 23.9 Å². The number of aromatic nitrogens is 4. The number of amides is 1. The Balaban J connectivity index is 1.53. The van der Waals surface area contributed by atoms with Crippen molar-refractivity contribution in [2.24, 2.45) is 0 Å². The first-order chi connectivity index (χ1) is 12.2. The van der Waals surface area contributed by atoms with Gasteiger partial charge in [0.1, 0.15) is 0 Å². The Morgan fingerprint density at radius 1 is 1.40 bits per heavy atom. The molecule has 8 heteroatoms. The number of furan rings is 1. The summed E-state index contributed by atoms with van der Waals surface area (Å²) < 4.78 is 12.2. The molecule has 0 bridgehead atoms. The fourth-order valence-corrected chi connectivity index (χ4v) is 2.50. The molecule has 3 rings (SSSR count). The Kier molecular flexibility index (Phi) is 5.27. The third-order valence-corrected chi connectivity index (χ3v) is 3.90. The van der Waals surface area contributed by atoms with Crippen LogP contribution in [0.1, 0.15) is 44.2 Å². The first-order valence-corrected chi connectivity index (χ1v) is 8.37. The average Bonchev–Trinajstić information content (AvgIpc) is 3.38. The van der Waals surface area contributed by atoms with Crippen molar-refractivity contribution in [1.82, 2.24) is 25.2 Å². The van der Waals surface area contributed by atoms with Crippen LogP contribution in [0.5, 0.6) is 0 Å². The number of rotatable bonds is 8. The highest BCUT2D eigenvalue weighted by Gasteiger charge is 2.16. The van der Waals surface area contributed by atoms with Crippen molar-refractivity contribution in [3.05, 3.63) is 42.2 Å². The maximum Gasteiger partial charge on any atom is 0.238 e. The molecule has 0 aliphatic rings. The number of carbonyl (C=O) groups excluding carboxylic acids is 1. The molecular formula is C17H21N5O3. The van der Waals surface area contributed by atoms with Crippen LogP contribution in [0.2, 0.25) is 0 Å². The largest absolute Gasteiger partial charge is 0.461 e. The highest BCUT2D eigenvalue weighted by Crippen LogP contribution is 2.18. The summed E-state index contributed by atoms with van der Waals surface area (Å²) in [4.78, 5) is 16.5. The molecule has 1 atom stereocenters. The molecule has 0 fully saturated rings. The number of carbonyl (C=O) groups is 1. The average molecular weight is 343 g/mol. The number of hydrogen-bond donors (Lipinski definition) is 1. The molecule has 3 aromatic heterocycles. The molecule has 0 radical (unpaired) electrons. The molecule has 0 saturated carbocycles. The third-order valence-electron chi connectivity index (χ3n) is 3.90. The van der Waals surface area contributed by atoms with Gasteiger partial charge in [0.2, 0.25) is 17.6 Å². The number of nitrogens with one attached hydrogen (secondary N) is 1. The minimum Gasteiger partial charge on any atom is -0.461 e. The minimum atomic E-state index is -0.0613. The lowest BCUT2D eigenvalue weighted by Gasteiger charge is -2.15. The first kappa shape index (κ1) is 16.9. The van der Waals surface area contributed by atoms with E-state index in [1.165, 1.54) is 0 Å². The van der Waals surface area contributed by atoms with E-state index in [0.717, 1.165) is 18.5 Å². The second-order valence-corrected chi connectivity index (χ2v) is 5.65. The Labute approximate surface area is 145 Å². The van der Waals surface area contributed by atoms with Crippen LogP contribution in [0.3, 0.4) is 0 Å².